The van der Waals surface area contributed by atoms with E-state index in [4.69, 9.17) is 5.11 Å². The largest absolute Gasteiger partial charge is 0.396 e. The van der Waals surface area contributed by atoms with Crippen LogP contribution < -0.4 is 0 Å². The highest BCUT2D eigenvalue weighted by atomic mass is 79.9. The van der Waals surface area contributed by atoms with Gasteiger partial charge in [-0.1, -0.05) is 0 Å². The summed E-state index contributed by atoms with van der Waals surface area (Å²) >= 11 is 4.95. The minimum absolute atomic E-state index is 0.232. The number of rotatable bonds is 4. The van der Waals surface area contributed by atoms with E-state index < -0.39 is 0 Å². The molecule has 0 spiro atoms. The molecule has 12 heavy (non-hydrogen) atoms. The van der Waals surface area contributed by atoms with Crippen molar-refractivity contribution in [3.05, 3.63) is 17.0 Å². The fourth-order valence-corrected chi connectivity index (χ4v) is 1.98. The molecule has 0 unspecified atom stereocenters. The van der Waals surface area contributed by atoms with Crippen molar-refractivity contribution in [2.45, 2.75) is 11.4 Å². The monoisotopic (exact) mass is 248 g/mol. The molecule has 0 aromatic carbocycles. The number of hydrogen-bond donors (Lipinski definition) is 1. The first-order valence-corrected chi connectivity index (χ1v) is 5.31. The number of aromatic nitrogens is 2. The molecule has 0 bridgehead atoms. The van der Waals surface area contributed by atoms with Gasteiger partial charge < -0.3 is 5.11 Å². The second kappa shape index (κ2) is 5.50. The first-order chi connectivity index (χ1) is 5.84. The van der Waals surface area contributed by atoms with E-state index in [1.165, 1.54) is 6.33 Å². The summed E-state index contributed by atoms with van der Waals surface area (Å²) in [7, 11) is 0. The van der Waals surface area contributed by atoms with E-state index in [-0.39, 0.29) is 6.61 Å². The third-order valence-electron chi connectivity index (χ3n) is 1.18. The Bertz CT molecular complexity index is 247. The van der Waals surface area contributed by atoms with Crippen LogP contribution in [0.15, 0.2) is 22.0 Å². The minimum Gasteiger partial charge on any atom is -0.396 e. The molecule has 0 radical (unpaired) electrons. The summed E-state index contributed by atoms with van der Waals surface area (Å²) < 4.78 is 0.910. The van der Waals surface area contributed by atoms with Crippen LogP contribution in [0.25, 0.3) is 0 Å². The molecule has 0 saturated heterocycles. The third kappa shape index (κ3) is 3.08. The van der Waals surface area contributed by atoms with E-state index in [1.807, 2.05) is 0 Å². The number of aliphatic hydroxyl groups is 1. The van der Waals surface area contributed by atoms with Crippen LogP contribution in [-0.2, 0) is 0 Å². The van der Waals surface area contributed by atoms with Crippen molar-refractivity contribution in [1.82, 2.24) is 9.97 Å². The molecule has 66 valence electrons. The van der Waals surface area contributed by atoms with Crippen molar-refractivity contribution in [2.24, 2.45) is 0 Å². The number of thioether (sulfide) groups is 1. The Morgan fingerprint density at radius 2 is 2.42 bits per heavy atom. The predicted molar refractivity (Wildman–Crippen MR) is 52.2 cm³/mol. The topological polar surface area (TPSA) is 46.0 Å². The first-order valence-electron chi connectivity index (χ1n) is 3.53. The van der Waals surface area contributed by atoms with Gasteiger partial charge in [0.2, 0.25) is 0 Å². The molecule has 0 aliphatic heterocycles. The second-order valence-electron chi connectivity index (χ2n) is 2.10. The number of aliphatic hydroxyl groups excluding tert-OH is 1. The molecule has 0 aliphatic rings. The molecule has 0 fully saturated rings. The standard InChI is InChI=1S/C7H9BrN2OS/c8-6-4-9-5-10-7(6)12-3-1-2-11/h4-5,11H,1-3H2. The lowest BCUT2D eigenvalue weighted by Gasteiger charge is -1.99. The Morgan fingerprint density at radius 3 is 3.08 bits per heavy atom. The highest BCUT2D eigenvalue weighted by Crippen LogP contribution is 2.23. The molecule has 0 saturated carbocycles. The van der Waals surface area contributed by atoms with E-state index >= 15 is 0 Å². The number of halogens is 1. The maximum atomic E-state index is 8.56. The second-order valence-corrected chi connectivity index (χ2v) is 4.04. The van der Waals surface area contributed by atoms with Gasteiger partial charge in [-0.15, -0.1) is 11.8 Å². The SMILES string of the molecule is OCCCSc1ncncc1Br. The van der Waals surface area contributed by atoms with Crippen LogP contribution in [-0.4, -0.2) is 27.4 Å². The molecule has 0 atom stereocenters. The van der Waals surface area contributed by atoms with E-state index in [2.05, 4.69) is 25.9 Å². The Balaban J connectivity index is 2.46. The van der Waals surface area contributed by atoms with E-state index in [9.17, 15) is 0 Å². The zero-order chi connectivity index (χ0) is 8.81. The number of hydrogen-bond acceptors (Lipinski definition) is 4. The summed E-state index contributed by atoms with van der Waals surface area (Å²) in [6.45, 7) is 0.232. The molecule has 1 aromatic heterocycles. The lowest BCUT2D eigenvalue weighted by Crippen LogP contribution is -1.88. The van der Waals surface area contributed by atoms with E-state index in [0.717, 1.165) is 21.7 Å². The molecule has 0 aliphatic carbocycles. The smallest absolute Gasteiger partial charge is 0.116 e. The van der Waals surface area contributed by atoms with Gasteiger partial charge in [0.25, 0.3) is 0 Å². The lowest BCUT2D eigenvalue weighted by molar-refractivity contribution is 0.296. The maximum Gasteiger partial charge on any atom is 0.116 e. The van der Waals surface area contributed by atoms with Crippen LogP contribution in [0.3, 0.4) is 0 Å². The zero-order valence-corrected chi connectivity index (χ0v) is 8.81. The molecule has 1 aromatic rings. The van der Waals surface area contributed by atoms with Gasteiger partial charge in [0.05, 0.1) is 4.47 Å². The predicted octanol–water partition coefficient (Wildman–Crippen LogP) is 1.71. The van der Waals surface area contributed by atoms with E-state index in [0.29, 0.717) is 0 Å². The first kappa shape index (κ1) is 9.95. The van der Waals surface area contributed by atoms with Crippen molar-refractivity contribution >= 4 is 27.7 Å². The zero-order valence-electron chi connectivity index (χ0n) is 6.40. The normalized spacial score (nSPS) is 10.2. The van der Waals surface area contributed by atoms with Gasteiger partial charge in [-0.25, -0.2) is 9.97 Å². The average Bonchev–Trinajstić information content (AvgIpc) is 2.09. The van der Waals surface area contributed by atoms with Crippen LogP contribution >= 0.6 is 27.7 Å². The Labute approximate surface area is 83.8 Å². The molecule has 1 heterocycles. The Morgan fingerprint density at radius 1 is 1.58 bits per heavy atom. The quantitative estimate of drug-likeness (QED) is 0.501. The molecule has 3 nitrogen and oxygen atoms in total. The highest BCUT2D eigenvalue weighted by Gasteiger charge is 1.99. The molecular weight excluding hydrogens is 240 g/mol. The average molecular weight is 249 g/mol. The Kier molecular flexibility index (Phi) is 4.57. The molecule has 1 N–H and O–H groups in total. The van der Waals surface area contributed by atoms with Gasteiger partial charge in [0.1, 0.15) is 11.4 Å². The van der Waals surface area contributed by atoms with Gasteiger partial charge >= 0.3 is 0 Å². The molecule has 1 rings (SSSR count). The fourth-order valence-electron chi connectivity index (χ4n) is 0.641. The van der Waals surface area contributed by atoms with Crippen molar-refractivity contribution < 1.29 is 5.11 Å². The molecular formula is C7H9BrN2OS. The summed E-state index contributed by atoms with van der Waals surface area (Å²) in [5, 5.41) is 9.48. The fraction of sp³-hybridized carbons (Fsp3) is 0.429. The van der Waals surface area contributed by atoms with Gasteiger partial charge in [-0.05, 0) is 22.4 Å². The van der Waals surface area contributed by atoms with Gasteiger partial charge in [0, 0.05) is 18.6 Å². The number of nitrogens with zero attached hydrogens (tertiary/aromatic N) is 2. The van der Waals surface area contributed by atoms with Crippen molar-refractivity contribution in [3.8, 4) is 0 Å². The van der Waals surface area contributed by atoms with E-state index in [1.54, 1.807) is 18.0 Å². The summed E-state index contributed by atoms with van der Waals surface area (Å²) in [5.74, 6) is 0.881. The van der Waals surface area contributed by atoms with Crippen LogP contribution in [0.1, 0.15) is 6.42 Å². The molecule has 5 heteroatoms. The third-order valence-corrected chi connectivity index (χ3v) is 3.11. The minimum atomic E-state index is 0.232. The lowest BCUT2D eigenvalue weighted by atomic mass is 10.5. The highest BCUT2D eigenvalue weighted by molar-refractivity contribution is 9.10. The maximum absolute atomic E-state index is 8.56. The summed E-state index contributed by atoms with van der Waals surface area (Å²) in [6.07, 6.45) is 4.03. The summed E-state index contributed by atoms with van der Waals surface area (Å²) in [4.78, 5) is 7.93. The van der Waals surface area contributed by atoms with Crippen LogP contribution in [0, 0.1) is 0 Å². The molecule has 0 amide bonds. The van der Waals surface area contributed by atoms with Crippen molar-refractivity contribution in [3.63, 3.8) is 0 Å². The Hall–Kier alpha value is -0.130. The summed E-state index contributed by atoms with van der Waals surface area (Å²) in [6, 6.07) is 0. The van der Waals surface area contributed by atoms with Crippen molar-refractivity contribution in [2.75, 3.05) is 12.4 Å². The summed E-state index contributed by atoms with van der Waals surface area (Å²) in [5.41, 5.74) is 0. The van der Waals surface area contributed by atoms with Gasteiger partial charge in [-0.3, -0.25) is 0 Å². The van der Waals surface area contributed by atoms with Gasteiger partial charge in [0.15, 0.2) is 0 Å². The van der Waals surface area contributed by atoms with Crippen LogP contribution in [0.5, 0.6) is 0 Å². The van der Waals surface area contributed by atoms with Gasteiger partial charge in [-0.2, -0.15) is 0 Å². The van der Waals surface area contributed by atoms with Crippen LogP contribution in [0.4, 0.5) is 0 Å². The van der Waals surface area contributed by atoms with Crippen LogP contribution in [0.2, 0.25) is 0 Å². The van der Waals surface area contributed by atoms with Crippen molar-refractivity contribution in [1.29, 1.82) is 0 Å².